The molecule has 0 saturated carbocycles. The molecular weight excluding hydrogens is 254 g/mol. The van der Waals surface area contributed by atoms with Crippen LogP contribution in [0.15, 0.2) is 12.1 Å². The van der Waals surface area contributed by atoms with E-state index >= 15 is 0 Å². The Labute approximate surface area is 131 Å². The largest absolute Gasteiger partial charge is 0.298 e. The molecule has 0 aliphatic carbocycles. The van der Waals surface area contributed by atoms with Crippen LogP contribution in [0.25, 0.3) is 0 Å². The van der Waals surface area contributed by atoms with Crippen LogP contribution in [0.4, 0.5) is 0 Å². The van der Waals surface area contributed by atoms with Crippen molar-refractivity contribution in [1.29, 1.82) is 0 Å². The van der Waals surface area contributed by atoms with E-state index in [1.165, 1.54) is 69.3 Å². The summed E-state index contributed by atoms with van der Waals surface area (Å²) in [5, 5.41) is 0. The monoisotopic (exact) mass is 287 g/mol. The fourth-order valence-electron chi connectivity index (χ4n) is 3.54. The smallest absolute Gasteiger partial charge is 0.0236 e. The molecule has 1 aliphatic heterocycles. The van der Waals surface area contributed by atoms with Crippen molar-refractivity contribution in [2.24, 2.45) is 5.92 Å². The highest BCUT2D eigenvalue weighted by atomic mass is 15.1. The van der Waals surface area contributed by atoms with Crippen molar-refractivity contribution in [3.63, 3.8) is 0 Å². The van der Waals surface area contributed by atoms with Gasteiger partial charge in [0.2, 0.25) is 0 Å². The van der Waals surface area contributed by atoms with Crippen LogP contribution in [0.2, 0.25) is 0 Å². The SMILES string of the molecule is CCCCCC(CC)CN1CCc2cc(C)c(C)cc2C1. The second-order valence-electron chi connectivity index (χ2n) is 6.96. The lowest BCUT2D eigenvalue weighted by Gasteiger charge is -2.32. The number of benzene rings is 1. The first-order valence-electron chi connectivity index (χ1n) is 8.95. The van der Waals surface area contributed by atoms with Gasteiger partial charge in [-0.05, 0) is 54.9 Å². The fraction of sp³-hybridized carbons (Fsp3) is 0.700. The average Bonchev–Trinajstić information content (AvgIpc) is 2.48. The summed E-state index contributed by atoms with van der Waals surface area (Å²) in [5.74, 6) is 0.893. The topological polar surface area (TPSA) is 3.24 Å². The summed E-state index contributed by atoms with van der Waals surface area (Å²) < 4.78 is 0. The maximum atomic E-state index is 2.69. The van der Waals surface area contributed by atoms with Gasteiger partial charge in [-0.2, -0.15) is 0 Å². The van der Waals surface area contributed by atoms with Crippen LogP contribution >= 0.6 is 0 Å². The molecule has 1 atom stereocenters. The number of unbranched alkanes of at least 4 members (excludes halogenated alkanes) is 2. The second kappa shape index (κ2) is 7.98. The number of fused-ring (bicyclic) bond motifs is 1. The Bertz CT molecular complexity index is 449. The Morgan fingerprint density at radius 3 is 2.43 bits per heavy atom. The lowest BCUT2D eigenvalue weighted by molar-refractivity contribution is 0.202. The van der Waals surface area contributed by atoms with Crippen LogP contribution in [0.3, 0.4) is 0 Å². The van der Waals surface area contributed by atoms with Gasteiger partial charge in [-0.25, -0.2) is 0 Å². The average molecular weight is 287 g/mol. The third-order valence-corrected chi connectivity index (χ3v) is 5.22. The zero-order valence-electron chi connectivity index (χ0n) is 14.5. The van der Waals surface area contributed by atoms with Gasteiger partial charge >= 0.3 is 0 Å². The Kier molecular flexibility index (Phi) is 6.29. The van der Waals surface area contributed by atoms with E-state index in [4.69, 9.17) is 0 Å². The molecule has 1 nitrogen and oxygen atoms in total. The summed E-state index contributed by atoms with van der Waals surface area (Å²) in [6.07, 6.45) is 8.14. The van der Waals surface area contributed by atoms with E-state index in [9.17, 15) is 0 Å². The molecule has 2 rings (SSSR count). The van der Waals surface area contributed by atoms with Crippen LogP contribution in [0.5, 0.6) is 0 Å². The molecule has 1 aromatic rings. The van der Waals surface area contributed by atoms with Gasteiger partial charge in [-0.3, -0.25) is 4.90 Å². The molecular formula is C20H33N. The summed E-state index contributed by atoms with van der Waals surface area (Å²) in [6.45, 7) is 12.9. The minimum Gasteiger partial charge on any atom is -0.298 e. The molecule has 0 bridgehead atoms. The molecule has 21 heavy (non-hydrogen) atoms. The molecule has 0 fully saturated rings. The first kappa shape index (κ1) is 16.5. The number of nitrogens with zero attached hydrogens (tertiary/aromatic N) is 1. The Balaban J connectivity index is 1.92. The van der Waals surface area contributed by atoms with Gasteiger partial charge < -0.3 is 0 Å². The van der Waals surface area contributed by atoms with Crippen molar-refractivity contribution in [2.75, 3.05) is 13.1 Å². The van der Waals surface area contributed by atoms with Gasteiger partial charge in [0.05, 0.1) is 0 Å². The normalized spacial score (nSPS) is 16.8. The standard InChI is InChI=1S/C20H33N/c1-5-7-8-9-18(6-2)14-21-11-10-19-12-16(3)17(4)13-20(19)15-21/h12-13,18H,5-11,14-15H2,1-4H3. The van der Waals surface area contributed by atoms with Gasteiger partial charge in [0.25, 0.3) is 0 Å². The maximum absolute atomic E-state index is 2.69. The van der Waals surface area contributed by atoms with Gasteiger partial charge in [-0.15, -0.1) is 0 Å². The Morgan fingerprint density at radius 2 is 1.76 bits per heavy atom. The lowest BCUT2D eigenvalue weighted by Crippen LogP contribution is -2.34. The van der Waals surface area contributed by atoms with E-state index in [0.29, 0.717) is 0 Å². The third kappa shape index (κ3) is 4.57. The van der Waals surface area contributed by atoms with E-state index in [2.05, 4.69) is 44.7 Å². The van der Waals surface area contributed by atoms with Gasteiger partial charge in [0.1, 0.15) is 0 Å². The van der Waals surface area contributed by atoms with E-state index < -0.39 is 0 Å². The molecule has 1 aromatic carbocycles. The molecule has 1 unspecified atom stereocenters. The molecule has 118 valence electrons. The highest BCUT2D eigenvalue weighted by Gasteiger charge is 2.19. The molecule has 0 N–H and O–H groups in total. The van der Waals surface area contributed by atoms with Crippen molar-refractivity contribution < 1.29 is 0 Å². The molecule has 0 aromatic heterocycles. The van der Waals surface area contributed by atoms with Crippen molar-refractivity contribution in [2.45, 2.75) is 72.8 Å². The van der Waals surface area contributed by atoms with Crippen molar-refractivity contribution in [1.82, 2.24) is 4.90 Å². The van der Waals surface area contributed by atoms with E-state index in [1.54, 1.807) is 11.1 Å². The fourth-order valence-corrected chi connectivity index (χ4v) is 3.54. The van der Waals surface area contributed by atoms with Gasteiger partial charge in [-0.1, -0.05) is 51.7 Å². The van der Waals surface area contributed by atoms with E-state index in [0.717, 1.165) is 5.92 Å². The summed E-state index contributed by atoms with van der Waals surface area (Å²) in [6, 6.07) is 4.84. The lowest BCUT2D eigenvalue weighted by atomic mass is 9.92. The van der Waals surface area contributed by atoms with Crippen molar-refractivity contribution in [3.8, 4) is 0 Å². The summed E-state index contributed by atoms with van der Waals surface area (Å²) in [5.41, 5.74) is 6.07. The minimum atomic E-state index is 0.893. The van der Waals surface area contributed by atoms with Crippen molar-refractivity contribution >= 4 is 0 Å². The van der Waals surface area contributed by atoms with Crippen molar-refractivity contribution in [3.05, 3.63) is 34.4 Å². The zero-order valence-corrected chi connectivity index (χ0v) is 14.5. The van der Waals surface area contributed by atoms with E-state index in [1.807, 2.05) is 0 Å². The number of rotatable bonds is 7. The van der Waals surface area contributed by atoms with Crippen LogP contribution < -0.4 is 0 Å². The molecule has 0 spiro atoms. The summed E-state index contributed by atoms with van der Waals surface area (Å²) in [7, 11) is 0. The van der Waals surface area contributed by atoms with Gasteiger partial charge in [0, 0.05) is 19.6 Å². The molecule has 1 aliphatic rings. The summed E-state index contributed by atoms with van der Waals surface area (Å²) >= 11 is 0. The summed E-state index contributed by atoms with van der Waals surface area (Å²) in [4.78, 5) is 2.69. The highest BCUT2D eigenvalue weighted by molar-refractivity contribution is 5.38. The number of hydrogen-bond donors (Lipinski definition) is 0. The molecule has 0 amide bonds. The minimum absolute atomic E-state index is 0.893. The first-order chi connectivity index (χ1) is 10.1. The van der Waals surface area contributed by atoms with E-state index in [-0.39, 0.29) is 0 Å². The quantitative estimate of drug-likeness (QED) is 0.618. The number of hydrogen-bond acceptors (Lipinski definition) is 1. The number of aryl methyl sites for hydroxylation is 2. The molecule has 1 heteroatoms. The van der Waals surface area contributed by atoms with Gasteiger partial charge in [0.15, 0.2) is 0 Å². The van der Waals surface area contributed by atoms with Crippen LogP contribution in [0.1, 0.15) is 68.2 Å². The zero-order chi connectivity index (χ0) is 15.2. The first-order valence-corrected chi connectivity index (χ1v) is 8.95. The van der Waals surface area contributed by atoms with Crippen LogP contribution in [-0.4, -0.2) is 18.0 Å². The molecule has 1 heterocycles. The predicted molar refractivity (Wildman–Crippen MR) is 92.8 cm³/mol. The molecule has 0 saturated heterocycles. The third-order valence-electron chi connectivity index (χ3n) is 5.22. The molecule has 0 radical (unpaired) electrons. The second-order valence-corrected chi connectivity index (χ2v) is 6.96. The predicted octanol–water partition coefficient (Wildman–Crippen LogP) is 5.27. The maximum Gasteiger partial charge on any atom is 0.0236 e. The Hall–Kier alpha value is -0.820. The van der Waals surface area contributed by atoms with Crippen LogP contribution in [-0.2, 0) is 13.0 Å². The van der Waals surface area contributed by atoms with Crippen LogP contribution in [0, 0.1) is 19.8 Å². The highest BCUT2D eigenvalue weighted by Crippen LogP contribution is 2.24. The Morgan fingerprint density at radius 1 is 1.05 bits per heavy atom.